The van der Waals surface area contributed by atoms with Gasteiger partial charge in [0.1, 0.15) is 6.04 Å². The maximum atomic E-state index is 12.5. The Morgan fingerprint density at radius 1 is 1.38 bits per heavy atom. The smallest absolute Gasteiger partial charge is 0.318 e. The number of nitrogens with zero attached hydrogens (tertiary/aromatic N) is 3. The molecule has 1 saturated heterocycles. The molecule has 7 heteroatoms. The van der Waals surface area contributed by atoms with E-state index in [1.165, 1.54) is 0 Å². The summed E-state index contributed by atoms with van der Waals surface area (Å²) >= 11 is 0. The molecule has 0 aromatic carbocycles. The molecule has 1 N–H and O–H groups in total. The van der Waals surface area contributed by atoms with Crippen molar-refractivity contribution in [2.75, 3.05) is 20.2 Å². The second-order valence-electron chi connectivity index (χ2n) is 7.87. The number of ether oxygens (including phenoxy) is 1. The molecule has 24 heavy (non-hydrogen) atoms. The summed E-state index contributed by atoms with van der Waals surface area (Å²) in [5, 5.41) is 6.96. The van der Waals surface area contributed by atoms with Crippen molar-refractivity contribution in [3.8, 4) is 0 Å². The summed E-state index contributed by atoms with van der Waals surface area (Å²) in [5.41, 5.74) is -0.324. The van der Waals surface area contributed by atoms with Crippen molar-refractivity contribution >= 4 is 6.03 Å². The molecular weight excluding hydrogens is 308 g/mol. The molecule has 0 bridgehead atoms. The number of carbonyl (C=O) groups is 1. The van der Waals surface area contributed by atoms with Crippen molar-refractivity contribution in [1.29, 1.82) is 0 Å². The minimum Gasteiger partial charge on any atom is -0.378 e. The van der Waals surface area contributed by atoms with E-state index in [0.29, 0.717) is 18.3 Å². The average Bonchev–Trinajstić information content (AvgIpc) is 2.93. The van der Waals surface area contributed by atoms with Gasteiger partial charge in [-0.05, 0) is 33.1 Å². The number of carbonyl (C=O) groups excluding carboxylic acids is 1. The number of urea groups is 1. The lowest BCUT2D eigenvalue weighted by molar-refractivity contribution is -0.00501. The SMILES string of the molecule is COC1(C)CCCN(C(=O)NC(C)c2nc(C(C)(C)C)no2)CC1. The predicted octanol–water partition coefficient (Wildman–Crippen LogP) is 3.03. The van der Waals surface area contributed by atoms with Crippen molar-refractivity contribution < 1.29 is 14.1 Å². The molecule has 1 aliphatic heterocycles. The Hall–Kier alpha value is -1.63. The van der Waals surface area contributed by atoms with Gasteiger partial charge in [0.25, 0.3) is 0 Å². The Morgan fingerprint density at radius 2 is 2.08 bits per heavy atom. The fourth-order valence-corrected chi connectivity index (χ4v) is 2.71. The van der Waals surface area contributed by atoms with Gasteiger partial charge in [-0.15, -0.1) is 0 Å². The van der Waals surface area contributed by atoms with Gasteiger partial charge in [-0.1, -0.05) is 25.9 Å². The Morgan fingerprint density at radius 3 is 2.67 bits per heavy atom. The number of rotatable bonds is 3. The van der Waals surface area contributed by atoms with Crippen LogP contribution in [0.2, 0.25) is 0 Å². The summed E-state index contributed by atoms with van der Waals surface area (Å²) in [6.45, 7) is 11.4. The van der Waals surface area contributed by atoms with E-state index in [-0.39, 0.29) is 23.1 Å². The van der Waals surface area contributed by atoms with E-state index in [1.807, 2.05) is 32.6 Å². The summed E-state index contributed by atoms with van der Waals surface area (Å²) in [6.07, 6.45) is 2.72. The predicted molar refractivity (Wildman–Crippen MR) is 90.8 cm³/mol. The minimum atomic E-state index is -0.321. The molecule has 2 atom stereocenters. The van der Waals surface area contributed by atoms with Crippen LogP contribution in [0, 0.1) is 0 Å². The van der Waals surface area contributed by atoms with Gasteiger partial charge < -0.3 is 19.5 Å². The van der Waals surface area contributed by atoms with Crippen LogP contribution < -0.4 is 5.32 Å². The van der Waals surface area contributed by atoms with Crippen LogP contribution >= 0.6 is 0 Å². The lowest BCUT2D eigenvalue weighted by atomic mass is 9.96. The van der Waals surface area contributed by atoms with Gasteiger partial charge in [0, 0.05) is 25.6 Å². The zero-order valence-electron chi connectivity index (χ0n) is 15.7. The molecule has 2 heterocycles. The second-order valence-corrected chi connectivity index (χ2v) is 7.87. The first-order valence-electron chi connectivity index (χ1n) is 8.59. The Kier molecular flexibility index (Phi) is 5.52. The van der Waals surface area contributed by atoms with Crippen LogP contribution in [0.5, 0.6) is 0 Å². The standard InChI is InChI=1S/C17H30N4O3/c1-12(13-19-14(20-24-13)16(2,3)4)18-15(22)21-10-7-8-17(5,23-6)9-11-21/h12H,7-11H2,1-6H3,(H,18,22). The summed E-state index contributed by atoms with van der Waals surface area (Å²) in [7, 11) is 1.74. The van der Waals surface area contributed by atoms with Crippen molar-refractivity contribution in [2.45, 2.75) is 70.9 Å². The number of hydrogen-bond acceptors (Lipinski definition) is 5. The van der Waals surface area contributed by atoms with Gasteiger partial charge in [-0.2, -0.15) is 4.98 Å². The first-order chi connectivity index (χ1) is 11.1. The zero-order chi connectivity index (χ0) is 18.0. The molecule has 2 rings (SSSR count). The number of aromatic nitrogens is 2. The number of nitrogens with one attached hydrogen (secondary N) is 1. The number of hydrogen-bond donors (Lipinski definition) is 1. The third-order valence-electron chi connectivity index (χ3n) is 4.65. The van der Waals surface area contributed by atoms with Gasteiger partial charge in [-0.3, -0.25) is 0 Å². The fourth-order valence-electron chi connectivity index (χ4n) is 2.71. The molecule has 7 nitrogen and oxygen atoms in total. The van der Waals surface area contributed by atoms with E-state index >= 15 is 0 Å². The highest BCUT2D eigenvalue weighted by Crippen LogP contribution is 2.25. The normalized spacial score (nSPS) is 23.7. The topological polar surface area (TPSA) is 80.5 Å². The van der Waals surface area contributed by atoms with E-state index in [2.05, 4.69) is 22.4 Å². The van der Waals surface area contributed by atoms with Crippen LogP contribution in [-0.2, 0) is 10.2 Å². The van der Waals surface area contributed by atoms with Crippen molar-refractivity contribution in [3.05, 3.63) is 11.7 Å². The maximum Gasteiger partial charge on any atom is 0.318 e. The molecule has 1 aliphatic rings. The van der Waals surface area contributed by atoms with E-state index < -0.39 is 0 Å². The van der Waals surface area contributed by atoms with Crippen LogP contribution in [0.4, 0.5) is 4.79 Å². The molecule has 0 spiro atoms. The molecule has 2 amide bonds. The summed E-state index contributed by atoms with van der Waals surface area (Å²) in [5.74, 6) is 1.08. The lowest BCUT2D eigenvalue weighted by Crippen LogP contribution is -2.42. The third-order valence-corrected chi connectivity index (χ3v) is 4.65. The van der Waals surface area contributed by atoms with Crippen molar-refractivity contribution in [2.24, 2.45) is 0 Å². The van der Waals surface area contributed by atoms with Gasteiger partial charge in [0.05, 0.1) is 5.60 Å². The zero-order valence-corrected chi connectivity index (χ0v) is 15.7. The first kappa shape index (κ1) is 18.7. The van der Waals surface area contributed by atoms with Crippen LogP contribution in [0.15, 0.2) is 4.52 Å². The number of likely N-dealkylation sites (tertiary alicyclic amines) is 1. The van der Waals surface area contributed by atoms with Crippen LogP contribution in [0.3, 0.4) is 0 Å². The van der Waals surface area contributed by atoms with Gasteiger partial charge in [0.2, 0.25) is 5.89 Å². The van der Waals surface area contributed by atoms with E-state index in [4.69, 9.17) is 9.26 Å². The largest absolute Gasteiger partial charge is 0.378 e. The molecular formula is C17H30N4O3. The minimum absolute atomic E-state index is 0.0987. The van der Waals surface area contributed by atoms with E-state index in [9.17, 15) is 4.79 Å². The molecule has 1 fully saturated rings. The van der Waals surface area contributed by atoms with Gasteiger partial charge >= 0.3 is 6.03 Å². The Labute approximate surface area is 144 Å². The van der Waals surface area contributed by atoms with Crippen LogP contribution in [0.1, 0.15) is 71.6 Å². The number of methoxy groups -OCH3 is 1. The highest BCUT2D eigenvalue weighted by Gasteiger charge is 2.30. The molecule has 0 radical (unpaired) electrons. The third kappa shape index (κ3) is 4.47. The average molecular weight is 338 g/mol. The summed E-state index contributed by atoms with van der Waals surface area (Å²) in [4.78, 5) is 18.8. The summed E-state index contributed by atoms with van der Waals surface area (Å²) in [6, 6.07) is -0.420. The quantitative estimate of drug-likeness (QED) is 0.916. The highest BCUT2D eigenvalue weighted by molar-refractivity contribution is 5.74. The van der Waals surface area contributed by atoms with E-state index in [0.717, 1.165) is 25.8 Å². The molecule has 0 aliphatic carbocycles. The number of amides is 2. The van der Waals surface area contributed by atoms with Crippen molar-refractivity contribution in [3.63, 3.8) is 0 Å². The molecule has 0 saturated carbocycles. The first-order valence-corrected chi connectivity index (χ1v) is 8.59. The van der Waals surface area contributed by atoms with Crippen LogP contribution in [-0.4, -0.2) is 46.9 Å². The lowest BCUT2D eigenvalue weighted by Gasteiger charge is -2.27. The molecule has 136 valence electrons. The fraction of sp³-hybridized carbons (Fsp3) is 0.824. The summed E-state index contributed by atoms with van der Waals surface area (Å²) < 4.78 is 10.9. The maximum absolute atomic E-state index is 12.5. The van der Waals surface area contributed by atoms with Crippen LogP contribution in [0.25, 0.3) is 0 Å². The van der Waals surface area contributed by atoms with Gasteiger partial charge in [0.15, 0.2) is 5.82 Å². The van der Waals surface area contributed by atoms with E-state index in [1.54, 1.807) is 7.11 Å². The van der Waals surface area contributed by atoms with Crippen molar-refractivity contribution in [1.82, 2.24) is 20.4 Å². The highest BCUT2D eigenvalue weighted by atomic mass is 16.5. The molecule has 1 aromatic rings. The Balaban J connectivity index is 1.95. The molecule has 2 unspecified atom stereocenters. The molecule has 1 aromatic heterocycles. The Bertz CT molecular complexity index is 566. The second kappa shape index (κ2) is 7.09. The van der Waals surface area contributed by atoms with Gasteiger partial charge in [-0.25, -0.2) is 4.79 Å². The monoisotopic (exact) mass is 338 g/mol.